The molecule has 7 heteroatoms. The Balaban J connectivity index is 0.00000308. The third-order valence-electron chi connectivity index (χ3n) is 7.32. The van der Waals surface area contributed by atoms with Gasteiger partial charge in [0, 0.05) is 35.6 Å². The van der Waals surface area contributed by atoms with Crippen LogP contribution in [0.3, 0.4) is 0 Å². The lowest BCUT2D eigenvalue weighted by molar-refractivity contribution is -0.124. The summed E-state index contributed by atoms with van der Waals surface area (Å²) in [6.07, 6.45) is 5.32. The lowest BCUT2D eigenvalue weighted by Crippen LogP contribution is -2.26. The molecular formula is C32H29ClN4O2. The normalized spacial score (nSPS) is 13.0. The van der Waals surface area contributed by atoms with E-state index in [-0.39, 0.29) is 30.6 Å². The van der Waals surface area contributed by atoms with Gasteiger partial charge in [0.2, 0.25) is 11.8 Å². The van der Waals surface area contributed by atoms with E-state index in [0.29, 0.717) is 17.1 Å². The van der Waals surface area contributed by atoms with Crippen LogP contribution in [-0.4, -0.2) is 21.4 Å². The molecule has 0 bridgehead atoms. The smallest absolute Gasteiger partial charge is 0.241 e. The molecule has 0 unspecified atom stereocenters. The molecule has 0 fully saturated rings. The van der Waals surface area contributed by atoms with Gasteiger partial charge in [-0.25, -0.2) is 4.98 Å². The van der Waals surface area contributed by atoms with Crippen molar-refractivity contribution in [3.63, 3.8) is 0 Å². The minimum Gasteiger partial charge on any atom is -0.323 e. The Hall–Kier alpha value is -4.42. The summed E-state index contributed by atoms with van der Waals surface area (Å²) in [6.45, 7) is 4.31. The van der Waals surface area contributed by atoms with Gasteiger partial charge in [-0.1, -0.05) is 48.5 Å². The van der Waals surface area contributed by atoms with Crippen LogP contribution in [0.25, 0.3) is 16.5 Å². The standard InChI is InChI=1S/C32H28N4O2.ClH/c1-21-6-5-7-22(2)26(21)15-17-29-33-18-19-35(29)24-11-13-25(14-12-24)36-28-16-10-23-8-3-4-9-27(23)32(28)34-30(37)20-31(36)38;/h3-14,16,18-19H,15,17,20H2,1-2H3,(H,34,37);1H. The molecule has 0 saturated heterocycles. The number of rotatable bonds is 5. The van der Waals surface area contributed by atoms with Crippen LogP contribution in [0.15, 0.2) is 91.3 Å². The SMILES string of the molecule is Cc1cccc(C)c1CCc1nccn1-c1ccc(N2C(=O)CC(=O)Nc3c2ccc2ccccc32)cc1.Cl. The first-order valence-corrected chi connectivity index (χ1v) is 12.8. The molecule has 0 radical (unpaired) electrons. The van der Waals surface area contributed by atoms with E-state index in [2.05, 4.69) is 46.9 Å². The number of halogens is 1. The average Bonchev–Trinajstić information content (AvgIpc) is 3.33. The number of carbonyl (C=O) groups excluding carboxylic acids is 2. The van der Waals surface area contributed by atoms with Crippen molar-refractivity contribution in [2.24, 2.45) is 0 Å². The molecule has 6 rings (SSSR count). The van der Waals surface area contributed by atoms with Gasteiger partial charge in [0.25, 0.3) is 0 Å². The summed E-state index contributed by atoms with van der Waals surface area (Å²) in [5.41, 5.74) is 6.98. The number of hydrogen-bond donors (Lipinski definition) is 1. The lowest BCUT2D eigenvalue weighted by atomic mass is 9.98. The minimum atomic E-state index is -0.307. The van der Waals surface area contributed by atoms with Crippen LogP contribution < -0.4 is 10.2 Å². The van der Waals surface area contributed by atoms with E-state index < -0.39 is 0 Å². The Labute approximate surface area is 233 Å². The fraction of sp³-hybridized carbons (Fsp3) is 0.156. The van der Waals surface area contributed by atoms with E-state index in [0.717, 1.165) is 35.1 Å². The number of benzene rings is 4. The predicted octanol–water partition coefficient (Wildman–Crippen LogP) is 6.86. The quantitative estimate of drug-likeness (QED) is 0.250. The van der Waals surface area contributed by atoms with Crippen molar-refractivity contribution in [1.29, 1.82) is 0 Å². The third-order valence-corrected chi connectivity index (χ3v) is 7.32. The molecule has 6 nitrogen and oxygen atoms in total. The van der Waals surface area contributed by atoms with Crippen molar-refractivity contribution in [2.45, 2.75) is 33.1 Å². The van der Waals surface area contributed by atoms with Gasteiger partial charge in [0.05, 0.1) is 11.4 Å². The predicted molar refractivity (Wildman–Crippen MR) is 158 cm³/mol. The van der Waals surface area contributed by atoms with E-state index in [1.807, 2.05) is 73.1 Å². The van der Waals surface area contributed by atoms with Gasteiger partial charge in [-0.3, -0.25) is 14.5 Å². The zero-order valence-electron chi connectivity index (χ0n) is 21.8. The van der Waals surface area contributed by atoms with Gasteiger partial charge in [0.1, 0.15) is 12.2 Å². The highest BCUT2D eigenvalue weighted by Crippen LogP contribution is 2.40. The van der Waals surface area contributed by atoms with Crippen LogP contribution in [0, 0.1) is 13.8 Å². The monoisotopic (exact) mass is 536 g/mol. The number of aryl methyl sites for hydroxylation is 3. The van der Waals surface area contributed by atoms with Crippen molar-refractivity contribution in [3.05, 3.63) is 114 Å². The van der Waals surface area contributed by atoms with E-state index >= 15 is 0 Å². The summed E-state index contributed by atoms with van der Waals surface area (Å²) in [5.74, 6) is 0.415. The van der Waals surface area contributed by atoms with Gasteiger partial charge in [-0.2, -0.15) is 0 Å². The topological polar surface area (TPSA) is 67.2 Å². The Kier molecular flexibility index (Phi) is 7.22. The Morgan fingerprint density at radius 2 is 1.54 bits per heavy atom. The van der Waals surface area contributed by atoms with Crippen LogP contribution >= 0.6 is 12.4 Å². The maximum atomic E-state index is 13.2. The molecular weight excluding hydrogens is 508 g/mol. The molecule has 0 saturated carbocycles. The molecule has 4 aromatic carbocycles. The second-order valence-corrected chi connectivity index (χ2v) is 9.74. The van der Waals surface area contributed by atoms with E-state index in [1.54, 1.807) is 4.90 Å². The Morgan fingerprint density at radius 1 is 0.821 bits per heavy atom. The zero-order valence-corrected chi connectivity index (χ0v) is 22.7. The van der Waals surface area contributed by atoms with Gasteiger partial charge < -0.3 is 9.88 Å². The highest BCUT2D eigenvalue weighted by molar-refractivity contribution is 6.21. The summed E-state index contributed by atoms with van der Waals surface area (Å²) in [6, 6.07) is 26.0. The van der Waals surface area contributed by atoms with E-state index in [4.69, 9.17) is 0 Å². The molecule has 2 amide bonds. The summed E-state index contributed by atoms with van der Waals surface area (Å²) in [5, 5.41) is 4.87. The second kappa shape index (κ2) is 10.8. The summed E-state index contributed by atoms with van der Waals surface area (Å²) >= 11 is 0. The van der Waals surface area contributed by atoms with Gasteiger partial charge >= 0.3 is 0 Å². The molecule has 5 aromatic rings. The minimum absolute atomic E-state index is 0. The molecule has 39 heavy (non-hydrogen) atoms. The van der Waals surface area contributed by atoms with Crippen LogP contribution in [0.1, 0.15) is 28.9 Å². The molecule has 1 aliphatic heterocycles. The number of fused-ring (bicyclic) bond motifs is 3. The second-order valence-electron chi connectivity index (χ2n) is 9.74. The number of aromatic nitrogens is 2. The van der Waals surface area contributed by atoms with E-state index in [1.165, 1.54) is 16.7 Å². The van der Waals surface area contributed by atoms with Crippen LogP contribution in [-0.2, 0) is 22.4 Å². The Bertz CT molecular complexity index is 1670. The van der Waals surface area contributed by atoms with Crippen LogP contribution in [0.4, 0.5) is 17.1 Å². The Morgan fingerprint density at radius 3 is 2.31 bits per heavy atom. The summed E-state index contributed by atoms with van der Waals surface area (Å²) in [4.78, 5) is 32.0. The van der Waals surface area contributed by atoms with Crippen molar-refractivity contribution in [3.8, 4) is 5.69 Å². The fourth-order valence-corrected chi connectivity index (χ4v) is 5.39. The highest BCUT2D eigenvalue weighted by atomic mass is 35.5. The number of amides is 2. The van der Waals surface area contributed by atoms with E-state index in [9.17, 15) is 9.59 Å². The zero-order chi connectivity index (χ0) is 26.2. The van der Waals surface area contributed by atoms with Gasteiger partial charge in [-0.05, 0) is 72.7 Å². The van der Waals surface area contributed by atoms with Crippen molar-refractivity contribution in [1.82, 2.24) is 9.55 Å². The molecule has 1 N–H and O–H groups in total. The average molecular weight is 537 g/mol. The van der Waals surface area contributed by atoms with Crippen LogP contribution in [0.5, 0.6) is 0 Å². The number of anilines is 3. The molecule has 1 aromatic heterocycles. The van der Waals surface area contributed by atoms with Crippen LogP contribution in [0.2, 0.25) is 0 Å². The lowest BCUT2D eigenvalue weighted by Gasteiger charge is -2.23. The molecule has 1 aliphatic rings. The number of nitrogens with zero attached hydrogens (tertiary/aromatic N) is 3. The maximum absolute atomic E-state index is 13.2. The molecule has 0 spiro atoms. The molecule has 196 valence electrons. The summed E-state index contributed by atoms with van der Waals surface area (Å²) < 4.78 is 2.09. The third kappa shape index (κ3) is 4.91. The summed E-state index contributed by atoms with van der Waals surface area (Å²) in [7, 11) is 0. The maximum Gasteiger partial charge on any atom is 0.241 e. The first-order valence-electron chi connectivity index (χ1n) is 12.8. The first-order chi connectivity index (χ1) is 18.5. The highest BCUT2D eigenvalue weighted by Gasteiger charge is 2.28. The fourth-order valence-electron chi connectivity index (χ4n) is 5.39. The first kappa shape index (κ1) is 26.2. The van der Waals surface area contributed by atoms with Gasteiger partial charge in [0.15, 0.2) is 0 Å². The number of carbonyl (C=O) groups is 2. The molecule has 2 heterocycles. The van der Waals surface area contributed by atoms with Crippen molar-refractivity contribution < 1.29 is 9.59 Å². The molecule has 0 aliphatic carbocycles. The number of hydrogen-bond acceptors (Lipinski definition) is 3. The number of nitrogens with one attached hydrogen (secondary N) is 1. The largest absolute Gasteiger partial charge is 0.323 e. The van der Waals surface area contributed by atoms with Gasteiger partial charge in [-0.15, -0.1) is 12.4 Å². The number of imidazole rings is 1. The van der Waals surface area contributed by atoms with Crippen molar-refractivity contribution in [2.75, 3.05) is 10.2 Å². The van der Waals surface area contributed by atoms with Crippen molar-refractivity contribution >= 4 is 52.1 Å². The molecule has 0 atom stereocenters.